The molecular formula is C22H18N6O2. The summed E-state index contributed by atoms with van der Waals surface area (Å²) in [6.07, 6.45) is 4.48. The van der Waals surface area contributed by atoms with Crippen LogP contribution in [0.1, 0.15) is 18.6 Å². The Bertz CT molecular complexity index is 1400. The molecule has 0 aliphatic heterocycles. The van der Waals surface area contributed by atoms with Crippen molar-refractivity contribution in [3.63, 3.8) is 0 Å². The fraction of sp³-hybridized carbons (Fsp3) is 0.136. The molecule has 3 aromatic heterocycles. The van der Waals surface area contributed by atoms with Crippen LogP contribution in [0.2, 0.25) is 0 Å². The summed E-state index contributed by atoms with van der Waals surface area (Å²) in [6, 6.07) is 14.8. The van der Waals surface area contributed by atoms with Crippen LogP contribution in [0.15, 0.2) is 70.2 Å². The van der Waals surface area contributed by atoms with Crippen molar-refractivity contribution in [3.8, 4) is 22.8 Å². The number of aromatic amines is 1. The topological polar surface area (TPSA) is 102 Å². The maximum Gasteiger partial charge on any atom is 0.259 e. The third-order valence-electron chi connectivity index (χ3n) is 4.90. The first-order valence-corrected chi connectivity index (χ1v) is 9.63. The second-order valence-corrected chi connectivity index (χ2v) is 6.85. The summed E-state index contributed by atoms with van der Waals surface area (Å²) >= 11 is 0. The summed E-state index contributed by atoms with van der Waals surface area (Å²) in [5.41, 5.74) is 2.02. The maximum atomic E-state index is 12.4. The number of nitrogens with one attached hydrogen (secondary N) is 1. The van der Waals surface area contributed by atoms with E-state index in [1.54, 1.807) is 12.3 Å². The molecular weight excluding hydrogens is 380 g/mol. The summed E-state index contributed by atoms with van der Waals surface area (Å²) in [5.74, 6) is 2.44. The van der Waals surface area contributed by atoms with Crippen LogP contribution in [0, 0.1) is 0 Å². The fourth-order valence-corrected chi connectivity index (χ4v) is 3.41. The molecule has 0 atom stereocenters. The highest BCUT2D eigenvalue weighted by Gasteiger charge is 2.13. The summed E-state index contributed by atoms with van der Waals surface area (Å²) in [6.45, 7) is 2.52. The van der Waals surface area contributed by atoms with Gasteiger partial charge in [0.25, 0.3) is 5.56 Å². The first-order valence-electron chi connectivity index (χ1n) is 9.63. The Kier molecular flexibility index (Phi) is 4.44. The van der Waals surface area contributed by atoms with Gasteiger partial charge in [-0.25, -0.2) is 9.97 Å². The monoisotopic (exact) mass is 398 g/mol. The number of imidazole rings is 1. The molecule has 0 aliphatic rings. The van der Waals surface area contributed by atoms with Gasteiger partial charge >= 0.3 is 0 Å². The van der Waals surface area contributed by atoms with E-state index in [9.17, 15) is 4.79 Å². The lowest BCUT2D eigenvalue weighted by Gasteiger charge is -2.04. The molecule has 0 unspecified atom stereocenters. The molecule has 0 aliphatic carbocycles. The second kappa shape index (κ2) is 7.40. The van der Waals surface area contributed by atoms with Gasteiger partial charge < -0.3 is 14.1 Å². The quantitative estimate of drug-likeness (QED) is 0.486. The average molecular weight is 398 g/mol. The molecule has 1 N–H and O–H groups in total. The van der Waals surface area contributed by atoms with E-state index in [0.717, 1.165) is 23.4 Å². The number of rotatable bonds is 5. The number of para-hydroxylation sites is 1. The van der Waals surface area contributed by atoms with Crippen LogP contribution in [-0.4, -0.2) is 29.7 Å². The largest absolute Gasteiger partial charge is 0.337 e. The molecule has 30 heavy (non-hydrogen) atoms. The molecule has 2 aromatic carbocycles. The van der Waals surface area contributed by atoms with Gasteiger partial charge in [-0.3, -0.25) is 4.79 Å². The van der Waals surface area contributed by atoms with E-state index < -0.39 is 0 Å². The number of hydrogen-bond donors (Lipinski definition) is 1. The van der Waals surface area contributed by atoms with E-state index >= 15 is 0 Å². The minimum Gasteiger partial charge on any atom is -0.337 e. The summed E-state index contributed by atoms with van der Waals surface area (Å²) in [7, 11) is 0. The zero-order chi connectivity index (χ0) is 20.5. The highest BCUT2D eigenvalue weighted by atomic mass is 16.5. The maximum absolute atomic E-state index is 12.4. The summed E-state index contributed by atoms with van der Waals surface area (Å²) in [5, 5.41) is 4.67. The predicted octanol–water partition coefficient (Wildman–Crippen LogP) is 3.45. The number of hydrogen-bond acceptors (Lipinski definition) is 6. The zero-order valence-electron chi connectivity index (χ0n) is 16.2. The van der Waals surface area contributed by atoms with Gasteiger partial charge in [-0.2, -0.15) is 4.98 Å². The molecule has 0 radical (unpaired) electrons. The number of fused-ring (bicyclic) bond motifs is 1. The molecule has 8 nitrogen and oxygen atoms in total. The number of aryl methyl sites for hydroxylation is 1. The van der Waals surface area contributed by atoms with Crippen LogP contribution in [0.4, 0.5) is 0 Å². The van der Waals surface area contributed by atoms with E-state index in [1.165, 1.54) is 0 Å². The van der Waals surface area contributed by atoms with Gasteiger partial charge in [0.1, 0.15) is 18.2 Å². The van der Waals surface area contributed by atoms with Crippen molar-refractivity contribution in [2.24, 2.45) is 0 Å². The van der Waals surface area contributed by atoms with Gasteiger partial charge in [-0.1, -0.05) is 42.4 Å². The third-order valence-corrected chi connectivity index (χ3v) is 4.90. The molecule has 0 fully saturated rings. The molecule has 0 bridgehead atoms. The van der Waals surface area contributed by atoms with Crippen LogP contribution < -0.4 is 5.56 Å². The van der Waals surface area contributed by atoms with E-state index in [0.29, 0.717) is 35.0 Å². The first kappa shape index (κ1) is 18.0. The molecule has 0 saturated carbocycles. The molecule has 0 amide bonds. The number of aromatic nitrogens is 6. The zero-order valence-corrected chi connectivity index (χ0v) is 16.2. The fourth-order valence-electron chi connectivity index (χ4n) is 3.41. The van der Waals surface area contributed by atoms with Crippen molar-refractivity contribution in [1.82, 2.24) is 29.7 Å². The molecule has 8 heteroatoms. The third kappa shape index (κ3) is 3.28. The molecule has 5 rings (SSSR count). The smallest absolute Gasteiger partial charge is 0.259 e. The van der Waals surface area contributed by atoms with Gasteiger partial charge in [-0.15, -0.1) is 0 Å². The van der Waals surface area contributed by atoms with Gasteiger partial charge in [0.2, 0.25) is 11.7 Å². The van der Waals surface area contributed by atoms with E-state index in [1.807, 2.05) is 53.2 Å². The van der Waals surface area contributed by atoms with Gasteiger partial charge in [0.05, 0.1) is 10.9 Å². The number of nitrogens with zero attached hydrogens (tertiary/aromatic N) is 5. The Morgan fingerprint density at radius 1 is 1.07 bits per heavy atom. The Morgan fingerprint density at radius 2 is 1.93 bits per heavy atom. The van der Waals surface area contributed by atoms with Crippen LogP contribution in [-0.2, 0) is 13.0 Å². The second-order valence-electron chi connectivity index (χ2n) is 6.85. The number of benzene rings is 2. The van der Waals surface area contributed by atoms with Crippen molar-refractivity contribution in [2.45, 2.75) is 19.9 Å². The van der Waals surface area contributed by atoms with Crippen molar-refractivity contribution < 1.29 is 4.52 Å². The average Bonchev–Trinajstić information content (AvgIpc) is 3.43. The van der Waals surface area contributed by atoms with Crippen molar-refractivity contribution in [1.29, 1.82) is 0 Å². The predicted molar refractivity (Wildman–Crippen MR) is 112 cm³/mol. The standard InChI is InChI=1S/C22H18N6O2/c1-2-18-23-10-11-28(18)13-19-25-21(27-30-19)15-7-5-6-14(12-15)20-24-17-9-4-3-8-16(17)22(29)26-20/h3-12H,2,13H2,1H3,(H,24,26,29). The van der Waals surface area contributed by atoms with Crippen LogP contribution in [0.5, 0.6) is 0 Å². The lowest BCUT2D eigenvalue weighted by Crippen LogP contribution is -2.09. The molecule has 0 spiro atoms. The van der Waals surface area contributed by atoms with Gasteiger partial charge in [-0.05, 0) is 18.2 Å². The van der Waals surface area contributed by atoms with Gasteiger partial charge in [0, 0.05) is 29.9 Å². The Hall–Kier alpha value is -4.07. The van der Waals surface area contributed by atoms with Crippen LogP contribution in [0.25, 0.3) is 33.7 Å². The van der Waals surface area contributed by atoms with Crippen molar-refractivity contribution in [2.75, 3.05) is 0 Å². The van der Waals surface area contributed by atoms with Crippen molar-refractivity contribution in [3.05, 3.63) is 83.0 Å². The Morgan fingerprint density at radius 3 is 2.83 bits per heavy atom. The molecule has 5 aromatic rings. The van der Waals surface area contributed by atoms with Crippen LogP contribution in [0.3, 0.4) is 0 Å². The number of H-pyrrole nitrogens is 1. The summed E-state index contributed by atoms with van der Waals surface area (Å²) in [4.78, 5) is 28.7. The Balaban J connectivity index is 1.47. The lowest BCUT2D eigenvalue weighted by molar-refractivity contribution is 0.370. The van der Waals surface area contributed by atoms with Crippen molar-refractivity contribution >= 4 is 10.9 Å². The SMILES string of the molecule is CCc1nccn1Cc1nc(-c2cccc(-c3nc4ccccc4c(=O)[nH]3)c2)no1. The lowest BCUT2D eigenvalue weighted by atomic mass is 10.1. The highest BCUT2D eigenvalue weighted by Crippen LogP contribution is 2.23. The molecule has 0 saturated heterocycles. The van der Waals surface area contributed by atoms with Gasteiger partial charge in [0.15, 0.2) is 0 Å². The van der Waals surface area contributed by atoms with E-state index in [2.05, 4.69) is 32.0 Å². The van der Waals surface area contributed by atoms with Crippen LogP contribution >= 0.6 is 0 Å². The first-order chi connectivity index (χ1) is 14.7. The van der Waals surface area contributed by atoms with E-state index in [4.69, 9.17) is 4.52 Å². The normalized spacial score (nSPS) is 11.2. The molecule has 148 valence electrons. The van der Waals surface area contributed by atoms with E-state index in [-0.39, 0.29) is 5.56 Å². The minimum atomic E-state index is -0.171. The summed E-state index contributed by atoms with van der Waals surface area (Å²) < 4.78 is 7.41. The minimum absolute atomic E-state index is 0.171. The molecule has 3 heterocycles. The Labute approximate surface area is 171 Å². The highest BCUT2D eigenvalue weighted by molar-refractivity contribution is 5.79.